The maximum atomic E-state index is 4.93. The van der Waals surface area contributed by atoms with Crippen molar-refractivity contribution in [2.24, 2.45) is 0 Å². The highest BCUT2D eigenvalue weighted by Crippen LogP contribution is 2.64. The molecule has 340 valence electrons. The van der Waals surface area contributed by atoms with E-state index in [1.807, 2.05) is 0 Å². The normalized spacial score (nSPS) is 14.3. The Morgan fingerprint density at radius 1 is 0.381 bits per heavy atom. The van der Waals surface area contributed by atoms with Crippen LogP contribution in [0.15, 0.2) is 60.7 Å². The molecule has 0 amide bonds. The lowest BCUT2D eigenvalue weighted by Crippen LogP contribution is -2.33. The van der Waals surface area contributed by atoms with Crippen LogP contribution < -0.4 is 0 Å². The number of aryl methyl sites for hydroxylation is 2. The average molecular weight is 865 g/mol. The van der Waals surface area contributed by atoms with E-state index in [2.05, 4.69) is 102 Å². The molecule has 4 aromatic carbocycles. The van der Waals surface area contributed by atoms with Crippen molar-refractivity contribution in [1.82, 2.24) is 8.75 Å². The van der Waals surface area contributed by atoms with Crippen LogP contribution in [0.4, 0.5) is 0 Å². The van der Waals surface area contributed by atoms with Gasteiger partial charge in [0.25, 0.3) is 0 Å². The van der Waals surface area contributed by atoms with Crippen LogP contribution in [0, 0.1) is 13.8 Å². The highest BCUT2D eigenvalue weighted by Gasteiger charge is 2.52. The van der Waals surface area contributed by atoms with Crippen LogP contribution in [-0.2, 0) is 10.8 Å². The monoisotopic (exact) mass is 865 g/mol. The van der Waals surface area contributed by atoms with Crippen LogP contribution in [0.5, 0.6) is 0 Å². The zero-order valence-corrected chi connectivity index (χ0v) is 41.7. The Kier molecular flexibility index (Phi) is 17.6. The molecule has 0 spiro atoms. The molecule has 63 heavy (non-hydrogen) atoms. The second-order valence-electron chi connectivity index (χ2n) is 20.3. The summed E-state index contributed by atoms with van der Waals surface area (Å²) in [6, 6.07) is 25.1. The first kappa shape index (κ1) is 47.7. The van der Waals surface area contributed by atoms with E-state index >= 15 is 0 Å². The minimum absolute atomic E-state index is 0.0176. The molecule has 0 atom stereocenters. The lowest BCUT2D eigenvalue weighted by atomic mass is 9.62. The summed E-state index contributed by atoms with van der Waals surface area (Å²) in [5.41, 5.74) is 20.3. The van der Waals surface area contributed by atoms with Gasteiger partial charge in [-0.15, -0.1) is 0 Å². The van der Waals surface area contributed by atoms with Crippen molar-refractivity contribution < 1.29 is 0 Å². The van der Waals surface area contributed by atoms with Crippen molar-refractivity contribution in [1.29, 1.82) is 0 Å². The number of fused-ring (bicyclic) bond motifs is 8. The third-order valence-electron chi connectivity index (χ3n) is 15.7. The molecule has 7 rings (SSSR count). The van der Waals surface area contributed by atoms with Crippen LogP contribution in [0.1, 0.15) is 241 Å². The molecule has 0 radical (unpaired) electrons. The van der Waals surface area contributed by atoms with E-state index in [0.717, 1.165) is 11.0 Å². The van der Waals surface area contributed by atoms with Gasteiger partial charge in [-0.3, -0.25) is 0 Å². The Hall–Kier alpha value is -3.30. The fraction of sp³-hybridized carbons (Fsp3) is 0.600. The van der Waals surface area contributed by atoms with Crippen LogP contribution >= 0.6 is 11.7 Å². The summed E-state index contributed by atoms with van der Waals surface area (Å²) in [6.07, 6.45) is 37.3. The number of hydrogen-bond acceptors (Lipinski definition) is 3. The summed E-state index contributed by atoms with van der Waals surface area (Å²) in [5.74, 6) is 0. The van der Waals surface area contributed by atoms with Gasteiger partial charge in [-0.25, -0.2) is 0 Å². The van der Waals surface area contributed by atoms with Gasteiger partial charge in [0, 0.05) is 16.4 Å². The summed E-state index contributed by atoms with van der Waals surface area (Å²) in [7, 11) is 0. The van der Waals surface area contributed by atoms with Crippen molar-refractivity contribution in [3.63, 3.8) is 0 Å². The highest BCUT2D eigenvalue weighted by molar-refractivity contribution is 7.00. The van der Waals surface area contributed by atoms with Crippen LogP contribution in [0.25, 0.3) is 44.4 Å². The Balaban J connectivity index is 1.42. The molecule has 0 saturated carbocycles. The first-order chi connectivity index (χ1) is 30.9. The van der Waals surface area contributed by atoms with Crippen molar-refractivity contribution in [3.8, 4) is 33.4 Å². The van der Waals surface area contributed by atoms with Gasteiger partial charge >= 0.3 is 0 Å². The van der Waals surface area contributed by atoms with Gasteiger partial charge < -0.3 is 0 Å². The quantitative estimate of drug-likeness (QED) is 0.0448. The molecule has 1 heterocycles. The molecular formula is C60H84N2S. The number of nitrogens with zero attached hydrogens (tertiary/aromatic N) is 2. The van der Waals surface area contributed by atoms with E-state index in [9.17, 15) is 0 Å². The highest BCUT2D eigenvalue weighted by atomic mass is 32.1. The Labute approximate surface area is 389 Å². The fourth-order valence-corrected chi connectivity index (χ4v) is 12.9. The van der Waals surface area contributed by atoms with Crippen molar-refractivity contribution in [2.75, 3.05) is 0 Å². The lowest BCUT2D eigenvalue weighted by molar-refractivity contribution is 0.368. The van der Waals surface area contributed by atoms with E-state index in [0.29, 0.717) is 0 Å². The molecule has 0 unspecified atom stereocenters. The van der Waals surface area contributed by atoms with Gasteiger partial charge in [0.05, 0.1) is 11.7 Å². The fourth-order valence-electron chi connectivity index (χ4n) is 12.3. The van der Waals surface area contributed by atoms with Gasteiger partial charge in [0.2, 0.25) is 0 Å². The van der Waals surface area contributed by atoms with E-state index in [-0.39, 0.29) is 10.8 Å². The largest absolute Gasteiger partial charge is 0.173 e. The number of hydrogen-bond donors (Lipinski definition) is 0. The number of unbranched alkanes of at least 4 members (excludes halogenated alkanes) is 20. The summed E-state index contributed by atoms with van der Waals surface area (Å²) in [5, 5.41) is 0. The number of rotatable bonds is 29. The molecule has 0 bridgehead atoms. The summed E-state index contributed by atoms with van der Waals surface area (Å²) in [6.45, 7) is 13.9. The van der Waals surface area contributed by atoms with Crippen molar-refractivity contribution in [2.45, 2.75) is 232 Å². The molecule has 0 fully saturated rings. The topological polar surface area (TPSA) is 25.8 Å². The average Bonchev–Trinajstić information content (AvgIpc) is 3.97. The number of benzene rings is 4. The maximum absolute atomic E-state index is 4.93. The number of aromatic nitrogens is 2. The molecule has 1 aromatic heterocycles. The molecular weight excluding hydrogens is 781 g/mol. The van der Waals surface area contributed by atoms with E-state index < -0.39 is 0 Å². The van der Waals surface area contributed by atoms with Crippen molar-refractivity contribution >= 4 is 22.8 Å². The van der Waals surface area contributed by atoms with Gasteiger partial charge in [-0.1, -0.05) is 242 Å². The first-order valence-corrected chi connectivity index (χ1v) is 27.3. The summed E-state index contributed by atoms with van der Waals surface area (Å²) in [4.78, 5) is 0. The second-order valence-corrected chi connectivity index (χ2v) is 20.9. The molecule has 0 aliphatic heterocycles. The van der Waals surface area contributed by atoms with Gasteiger partial charge in [-0.05, 0) is 101 Å². The Morgan fingerprint density at radius 3 is 1.24 bits per heavy atom. The molecule has 0 saturated heterocycles. The van der Waals surface area contributed by atoms with Crippen molar-refractivity contribution in [3.05, 3.63) is 94.0 Å². The minimum Gasteiger partial charge on any atom is -0.173 e. The molecule has 5 aromatic rings. The molecule has 0 N–H and O–H groups in total. The van der Waals surface area contributed by atoms with Crippen LogP contribution in [0.3, 0.4) is 0 Å². The standard InChI is InChI=1S/C60H84N2S/c1-7-11-15-19-23-27-39-59(40-28-24-20-16-12-8-2)53-43-45(5)31-34-49(53)51-37-38-52-50-36-33-47(48-35-32-46(6)57-58(48)62-63-61-57)44-54(50)60(56(52)55(51)59,41-29-25-21-17-13-9-3)42-30-26-22-18-14-10-4/h31-38,43-44H,7-30,39-42H2,1-6H3. The van der Waals surface area contributed by atoms with E-state index in [1.165, 1.54) is 225 Å². The zero-order chi connectivity index (χ0) is 44.1. The summed E-state index contributed by atoms with van der Waals surface area (Å²) < 4.78 is 9.71. The predicted octanol–water partition coefficient (Wildman–Crippen LogP) is 19.5. The van der Waals surface area contributed by atoms with Crippen LogP contribution in [-0.4, -0.2) is 8.75 Å². The van der Waals surface area contributed by atoms with Gasteiger partial charge in [0.15, 0.2) is 0 Å². The van der Waals surface area contributed by atoms with E-state index in [1.54, 1.807) is 33.4 Å². The molecule has 3 heteroatoms. The van der Waals surface area contributed by atoms with Crippen LogP contribution in [0.2, 0.25) is 0 Å². The maximum Gasteiger partial charge on any atom is 0.112 e. The zero-order valence-electron chi connectivity index (χ0n) is 40.9. The Morgan fingerprint density at radius 2 is 0.762 bits per heavy atom. The van der Waals surface area contributed by atoms with Gasteiger partial charge in [-0.2, -0.15) is 8.75 Å². The molecule has 2 aliphatic rings. The second kappa shape index (κ2) is 23.2. The lowest BCUT2D eigenvalue weighted by Gasteiger charge is -2.40. The SMILES string of the molecule is CCCCCCCCC1(CCCCCCCC)c2cc(C)ccc2-c2ccc3c(c21)C(CCCCCCCC)(CCCCCCCC)c1cc(-c2ccc(C)c4nsnc24)ccc1-3. The minimum atomic E-state index is -0.0176. The predicted molar refractivity (Wildman–Crippen MR) is 277 cm³/mol. The first-order valence-electron chi connectivity index (χ1n) is 26.6. The molecule has 2 aliphatic carbocycles. The third-order valence-corrected chi connectivity index (χ3v) is 16.3. The Bertz CT molecular complexity index is 2170. The van der Waals surface area contributed by atoms with Gasteiger partial charge in [0.1, 0.15) is 11.0 Å². The molecule has 2 nitrogen and oxygen atoms in total. The summed E-state index contributed by atoms with van der Waals surface area (Å²) >= 11 is 1.36. The third kappa shape index (κ3) is 10.4. The smallest absolute Gasteiger partial charge is 0.112 e. The van der Waals surface area contributed by atoms with E-state index in [4.69, 9.17) is 8.75 Å².